The second-order valence-electron chi connectivity index (χ2n) is 7.49. The maximum atomic E-state index is 12.7. The summed E-state index contributed by atoms with van der Waals surface area (Å²) in [6, 6.07) is 15.4. The van der Waals surface area contributed by atoms with Gasteiger partial charge in [0.1, 0.15) is 12.4 Å². The molecule has 1 aliphatic heterocycles. The lowest BCUT2D eigenvalue weighted by atomic mass is 10.1. The molecule has 0 N–H and O–H groups in total. The number of hydrogen-bond donors (Lipinski definition) is 0. The van der Waals surface area contributed by atoms with E-state index in [1.807, 2.05) is 62.4 Å². The minimum absolute atomic E-state index is 0.00308. The molecule has 3 heterocycles. The number of halogens is 1. The van der Waals surface area contributed by atoms with Crippen LogP contribution in [-0.2, 0) is 22.7 Å². The van der Waals surface area contributed by atoms with Gasteiger partial charge in [-0.1, -0.05) is 46.3 Å². The van der Waals surface area contributed by atoms with Crippen molar-refractivity contribution < 1.29 is 19.0 Å². The summed E-state index contributed by atoms with van der Waals surface area (Å²) in [5.41, 5.74) is 4.14. The highest BCUT2D eigenvalue weighted by atomic mass is 79.9. The number of hydrogen-bond acceptors (Lipinski definition) is 7. The summed E-state index contributed by atoms with van der Waals surface area (Å²) in [5, 5.41) is 4.23. The van der Waals surface area contributed by atoms with E-state index < -0.39 is 12.3 Å². The molecule has 9 heteroatoms. The quantitative estimate of drug-likeness (QED) is 0.386. The zero-order valence-electron chi connectivity index (χ0n) is 17.4. The smallest absolute Gasteiger partial charge is 0.378 e. The molecule has 0 saturated carbocycles. The Morgan fingerprint density at radius 2 is 2.00 bits per heavy atom. The van der Waals surface area contributed by atoms with Crippen LogP contribution in [-0.4, -0.2) is 25.6 Å². The Bertz CT molecular complexity index is 1320. The molecule has 8 nitrogen and oxygen atoms in total. The number of esters is 1. The molecule has 0 aliphatic carbocycles. The molecule has 5 rings (SSSR count). The van der Waals surface area contributed by atoms with Crippen molar-refractivity contribution in [2.45, 2.75) is 33.4 Å². The van der Waals surface area contributed by atoms with Crippen molar-refractivity contribution in [2.24, 2.45) is 0 Å². The summed E-state index contributed by atoms with van der Waals surface area (Å²) in [6.07, 6.45) is -0.531. The van der Waals surface area contributed by atoms with Gasteiger partial charge in [-0.25, -0.2) is 14.3 Å². The van der Waals surface area contributed by atoms with E-state index in [2.05, 4.69) is 31.0 Å². The van der Waals surface area contributed by atoms with Gasteiger partial charge in [0.05, 0.1) is 6.61 Å². The number of carbonyl (C=O) groups excluding carboxylic acids is 1. The summed E-state index contributed by atoms with van der Waals surface area (Å²) in [6.45, 7) is 4.13. The normalized spacial score (nSPS) is 15.3. The van der Waals surface area contributed by atoms with Gasteiger partial charge in [-0.3, -0.25) is 0 Å². The van der Waals surface area contributed by atoms with Crippen LogP contribution in [0.2, 0.25) is 0 Å². The Hall–Kier alpha value is -3.30. The number of carbonyl (C=O) groups is 1. The summed E-state index contributed by atoms with van der Waals surface area (Å²) in [7, 11) is 0. The van der Waals surface area contributed by atoms with E-state index in [4.69, 9.17) is 14.2 Å². The minimum Gasteiger partial charge on any atom is -0.460 e. The molecule has 4 aromatic rings. The predicted octanol–water partition coefficient (Wildman–Crippen LogP) is 4.47. The molecule has 162 valence electrons. The fourth-order valence-electron chi connectivity index (χ4n) is 3.62. The number of rotatable bonds is 4. The Balaban J connectivity index is 1.38. The van der Waals surface area contributed by atoms with E-state index in [0.717, 1.165) is 32.6 Å². The molecule has 1 aliphatic rings. The van der Waals surface area contributed by atoms with E-state index in [-0.39, 0.29) is 12.4 Å². The molecule has 0 unspecified atom stereocenters. The predicted molar refractivity (Wildman–Crippen MR) is 118 cm³/mol. The molecule has 1 atom stereocenters. The van der Waals surface area contributed by atoms with Gasteiger partial charge in [0, 0.05) is 32.6 Å². The number of fused-ring (bicyclic) bond motifs is 2. The number of aryl methyl sites for hydroxylation is 2. The zero-order valence-corrected chi connectivity index (χ0v) is 19.0. The van der Waals surface area contributed by atoms with Gasteiger partial charge in [-0.2, -0.15) is 4.98 Å². The van der Waals surface area contributed by atoms with Crippen molar-refractivity contribution in [3.8, 4) is 5.75 Å². The fourth-order valence-corrected chi connectivity index (χ4v) is 4.17. The van der Waals surface area contributed by atoms with Crippen molar-refractivity contribution in [1.82, 2.24) is 19.6 Å². The van der Waals surface area contributed by atoms with Gasteiger partial charge in [0.15, 0.2) is 0 Å². The number of benzene rings is 2. The van der Waals surface area contributed by atoms with E-state index in [1.165, 1.54) is 4.52 Å². The highest BCUT2D eigenvalue weighted by Crippen LogP contribution is 2.38. The van der Waals surface area contributed by atoms with Crippen LogP contribution in [0.3, 0.4) is 0 Å². The molecule has 2 aromatic carbocycles. The molecule has 0 fully saturated rings. The second-order valence-corrected chi connectivity index (χ2v) is 8.40. The lowest BCUT2D eigenvalue weighted by molar-refractivity contribution is -0.112. The number of ether oxygens (including phenoxy) is 3. The number of aromatic nitrogens is 4. The van der Waals surface area contributed by atoms with E-state index in [1.54, 1.807) is 0 Å². The standard InChI is InChI=1S/C23H19BrN4O4/c1-13-8-14(2)28-23(25-13)26-20(27-28)21(29)30-11-16-9-18(24)10-17-12-31-22(32-19(16)17)15-6-4-3-5-7-15/h3-10,22H,11-12H2,1-2H3/t22-/m0/s1. The summed E-state index contributed by atoms with van der Waals surface area (Å²) in [4.78, 5) is 21.2. The molecule has 0 bridgehead atoms. The van der Waals surface area contributed by atoms with E-state index in [0.29, 0.717) is 18.1 Å². The van der Waals surface area contributed by atoms with Gasteiger partial charge in [0.2, 0.25) is 6.29 Å². The maximum Gasteiger partial charge on any atom is 0.378 e. The Morgan fingerprint density at radius 1 is 1.19 bits per heavy atom. The lowest BCUT2D eigenvalue weighted by Gasteiger charge is -2.28. The third-order valence-corrected chi connectivity index (χ3v) is 5.51. The molecule has 0 saturated heterocycles. The second kappa shape index (κ2) is 8.33. The fraction of sp³-hybridized carbons (Fsp3) is 0.217. The first-order valence-corrected chi connectivity index (χ1v) is 10.8. The van der Waals surface area contributed by atoms with Gasteiger partial charge in [0.25, 0.3) is 11.6 Å². The van der Waals surface area contributed by atoms with Crippen LogP contribution in [0.15, 0.2) is 53.0 Å². The molecule has 2 aromatic heterocycles. The van der Waals surface area contributed by atoms with Crippen molar-refractivity contribution >= 4 is 27.7 Å². The molecular formula is C23H19BrN4O4. The lowest BCUT2D eigenvalue weighted by Crippen LogP contribution is -2.19. The molecule has 0 radical (unpaired) electrons. The average Bonchev–Trinajstić information content (AvgIpc) is 3.22. The number of nitrogens with zero attached hydrogens (tertiary/aromatic N) is 4. The minimum atomic E-state index is -0.632. The van der Waals surface area contributed by atoms with Crippen molar-refractivity contribution in [3.05, 3.63) is 86.9 Å². The van der Waals surface area contributed by atoms with Crippen LogP contribution in [0.4, 0.5) is 0 Å². The van der Waals surface area contributed by atoms with Gasteiger partial charge >= 0.3 is 5.97 Å². The molecule has 32 heavy (non-hydrogen) atoms. The van der Waals surface area contributed by atoms with Gasteiger partial charge < -0.3 is 14.2 Å². The van der Waals surface area contributed by atoms with Crippen LogP contribution in [0.5, 0.6) is 5.75 Å². The Morgan fingerprint density at radius 3 is 2.81 bits per heavy atom. The van der Waals surface area contributed by atoms with Gasteiger partial charge in [-0.15, -0.1) is 5.10 Å². The third kappa shape index (κ3) is 3.96. The summed E-state index contributed by atoms with van der Waals surface area (Å²) < 4.78 is 19.9. The largest absolute Gasteiger partial charge is 0.460 e. The van der Waals surface area contributed by atoms with Crippen LogP contribution in [0, 0.1) is 13.8 Å². The Labute approximate surface area is 192 Å². The highest BCUT2D eigenvalue weighted by Gasteiger charge is 2.26. The highest BCUT2D eigenvalue weighted by molar-refractivity contribution is 9.10. The zero-order chi connectivity index (χ0) is 22.2. The van der Waals surface area contributed by atoms with Crippen LogP contribution >= 0.6 is 15.9 Å². The van der Waals surface area contributed by atoms with Gasteiger partial charge in [-0.05, 0) is 32.0 Å². The monoisotopic (exact) mass is 494 g/mol. The van der Waals surface area contributed by atoms with Crippen LogP contribution in [0.25, 0.3) is 5.78 Å². The first-order valence-electron chi connectivity index (χ1n) is 10.0. The average molecular weight is 495 g/mol. The van der Waals surface area contributed by atoms with Crippen LogP contribution in [0.1, 0.15) is 45.0 Å². The van der Waals surface area contributed by atoms with E-state index in [9.17, 15) is 4.79 Å². The van der Waals surface area contributed by atoms with Crippen molar-refractivity contribution in [2.75, 3.05) is 0 Å². The SMILES string of the molecule is Cc1cc(C)n2nc(C(=O)OCc3cc(Br)cc4c3O[C@@H](c3ccccc3)OC4)nc2n1. The first kappa shape index (κ1) is 20.6. The Kier molecular flexibility index (Phi) is 5.36. The molecule has 0 amide bonds. The summed E-state index contributed by atoms with van der Waals surface area (Å²) in [5.74, 6) is 0.340. The molecular weight excluding hydrogens is 476 g/mol. The first-order chi connectivity index (χ1) is 15.5. The molecule has 0 spiro atoms. The summed E-state index contributed by atoms with van der Waals surface area (Å²) >= 11 is 3.50. The topological polar surface area (TPSA) is 87.8 Å². The van der Waals surface area contributed by atoms with E-state index >= 15 is 0 Å². The van der Waals surface area contributed by atoms with Crippen molar-refractivity contribution in [3.63, 3.8) is 0 Å². The van der Waals surface area contributed by atoms with Crippen LogP contribution < -0.4 is 4.74 Å². The third-order valence-electron chi connectivity index (χ3n) is 5.05. The maximum absolute atomic E-state index is 12.7. The van der Waals surface area contributed by atoms with Crippen molar-refractivity contribution in [1.29, 1.82) is 0 Å².